The van der Waals surface area contributed by atoms with Gasteiger partial charge in [-0.25, -0.2) is 4.98 Å². The summed E-state index contributed by atoms with van der Waals surface area (Å²) in [5, 5.41) is 0. The van der Waals surface area contributed by atoms with Crippen molar-refractivity contribution in [2.75, 3.05) is 0 Å². The molecule has 2 unspecified atom stereocenters. The molecule has 1 aromatic rings. The first kappa shape index (κ1) is 29.2. The zero-order valence-corrected chi connectivity index (χ0v) is 22.6. The Hall–Kier alpha value is -0.790. The fourth-order valence-electron chi connectivity index (χ4n) is 5.18. The van der Waals surface area contributed by atoms with Gasteiger partial charge in [0.05, 0.1) is 0 Å². The van der Waals surface area contributed by atoms with Crippen LogP contribution in [0.5, 0.6) is 0 Å². The predicted molar refractivity (Wildman–Crippen MR) is 144 cm³/mol. The van der Waals surface area contributed by atoms with E-state index < -0.39 is 0 Å². The first-order valence-electron chi connectivity index (χ1n) is 14.8. The summed E-state index contributed by atoms with van der Waals surface area (Å²) in [6.45, 7) is 9.33. The molecular formula is C30H58N2. The van der Waals surface area contributed by atoms with Crippen LogP contribution >= 0.6 is 0 Å². The molecule has 0 amide bonds. The zero-order chi connectivity index (χ0) is 23.3. The summed E-state index contributed by atoms with van der Waals surface area (Å²) in [7, 11) is 0. The predicted octanol–water partition coefficient (Wildman–Crippen LogP) is 10.8. The second kappa shape index (κ2) is 20.8. The number of rotatable bonds is 23. The van der Waals surface area contributed by atoms with E-state index in [1.165, 1.54) is 141 Å². The Morgan fingerprint density at radius 2 is 1.06 bits per heavy atom. The van der Waals surface area contributed by atoms with E-state index in [0.29, 0.717) is 12.0 Å². The summed E-state index contributed by atoms with van der Waals surface area (Å²) in [4.78, 5) is 4.83. The minimum atomic E-state index is 0.593. The normalized spacial score (nSPS) is 13.5. The molecule has 2 heteroatoms. The fourth-order valence-corrected chi connectivity index (χ4v) is 5.18. The highest BCUT2D eigenvalue weighted by Crippen LogP contribution is 2.29. The Morgan fingerprint density at radius 3 is 1.59 bits per heavy atom. The summed E-state index contributed by atoms with van der Waals surface area (Å²) >= 11 is 0. The molecule has 0 saturated heterocycles. The summed E-state index contributed by atoms with van der Waals surface area (Å²) in [6, 6.07) is 0.593. The molecule has 0 fully saturated rings. The molecule has 0 radical (unpaired) electrons. The Bertz CT molecular complexity index is 507. The Labute approximate surface area is 202 Å². The summed E-state index contributed by atoms with van der Waals surface area (Å²) in [5.41, 5.74) is 0. The van der Waals surface area contributed by atoms with E-state index in [1.54, 1.807) is 0 Å². The van der Waals surface area contributed by atoms with Crippen LogP contribution in [0.2, 0.25) is 0 Å². The number of aromatic nitrogens is 2. The highest BCUT2D eigenvalue weighted by Gasteiger charge is 2.18. The minimum Gasteiger partial charge on any atom is -0.332 e. The standard InChI is InChI=1S/C30H58N2/c1-5-8-10-12-13-14-15-16-17-18-19-20-21-24-28(4)32-27-26-31-30(32)29(23-7-3)25-22-11-9-6-2/h26-29H,5-25H2,1-4H3. The molecule has 0 saturated carbocycles. The van der Waals surface area contributed by atoms with Crippen LogP contribution in [0.4, 0.5) is 0 Å². The molecule has 0 aromatic carbocycles. The van der Waals surface area contributed by atoms with Gasteiger partial charge in [-0.2, -0.15) is 0 Å². The summed E-state index contributed by atoms with van der Waals surface area (Å²) in [6.07, 6.45) is 33.5. The molecule has 1 rings (SSSR count). The van der Waals surface area contributed by atoms with E-state index in [4.69, 9.17) is 4.98 Å². The molecule has 188 valence electrons. The van der Waals surface area contributed by atoms with Gasteiger partial charge in [0, 0.05) is 24.4 Å². The van der Waals surface area contributed by atoms with Crippen LogP contribution in [0.15, 0.2) is 12.4 Å². The smallest absolute Gasteiger partial charge is 0.111 e. The zero-order valence-electron chi connectivity index (χ0n) is 22.6. The molecule has 1 heterocycles. The van der Waals surface area contributed by atoms with Crippen LogP contribution in [-0.2, 0) is 0 Å². The third-order valence-electron chi connectivity index (χ3n) is 7.31. The number of hydrogen-bond donors (Lipinski definition) is 0. The second-order valence-electron chi connectivity index (χ2n) is 10.4. The van der Waals surface area contributed by atoms with E-state index >= 15 is 0 Å². The van der Waals surface area contributed by atoms with Gasteiger partial charge in [0.25, 0.3) is 0 Å². The van der Waals surface area contributed by atoms with Crippen LogP contribution in [0.25, 0.3) is 0 Å². The third-order valence-corrected chi connectivity index (χ3v) is 7.31. The van der Waals surface area contributed by atoms with Crippen LogP contribution in [0.1, 0.15) is 180 Å². The summed E-state index contributed by atoms with van der Waals surface area (Å²) < 4.78 is 2.51. The van der Waals surface area contributed by atoms with Crippen LogP contribution in [-0.4, -0.2) is 9.55 Å². The van der Waals surface area contributed by atoms with Gasteiger partial charge in [0.2, 0.25) is 0 Å². The molecule has 0 aliphatic carbocycles. The van der Waals surface area contributed by atoms with Crippen molar-refractivity contribution in [2.45, 2.75) is 174 Å². The van der Waals surface area contributed by atoms with Gasteiger partial charge in [0.1, 0.15) is 5.82 Å². The molecule has 2 atom stereocenters. The molecule has 0 aliphatic heterocycles. The van der Waals surface area contributed by atoms with Crippen LogP contribution in [0, 0.1) is 0 Å². The second-order valence-corrected chi connectivity index (χ2v) is 10.4. The Morgan fingerprint density at radius 1 is 0.594 bits per heavy atom. The minimum absolute atomic E-state index is 0.593. The molecule has 0 aliphatic rings. The van der Waals surface area contributed by atoms with E-state index in [-0.39, 0.29) is 0 Å². The molecule has 32 heavy (non-hydrogen) atoms. The van der Waals surface area contributed by atoms with Crippen LogP contribution < -0.4 is 0 Å². The largest absolute Gasteiger partial charge is 0.332 e. The van der Waals surface area contributed by atoms with Gasteiger partial charge >= 0.3 is 0 Å². The Kier molecular flexibility index (Phi) is 19.0. The quantitative estimate of drug-likeness (QED) is 0.153. The maximum Gasteiger partial charge on any atom is 0.111 e. The van der Waals surface area contributed by atoms with E-state index in [2.05, 4.69) is 38.5 Å². The number of imidazole rings is 1. The highest BCUT2D eigenvalue weighted by atomic mass is 15.1. The lowest BCUT2D eigenvalue weighted by atomic mass is 9.95. The van der Waals surface area contributed by atoms with Gasteiger partial charge in [-0.15, -0.1) is 0 Å². The fraction of sp³-hybridized carbons (Fsp3) is 0.900. The first-order chi connectivity index (χ1) is 15.7. The van der Waals surface area contributed by atoms with Gasteiger partial charge < -0.3 is 4.57 Å². The maximum atomic E-state index is 4.83. The lowest BCUT2D eigenvalue weighted by molar-refractivity contribution is 0.420. The van der Waals surface area contributed by atoms with Crippen molar-refractivity contribution in [2.24, 2.45) is 0 Å². The third kappa shape index (κ3) is 13.7. The molecule has 1 aromatic heterocycles. The SMILES string of the molecule is CCCCCCCCCCCCCCCC(C)n1ccnc1C(CCC)CCCCCC. The molecule has 0 spiro atoms. The van der Waals surface area contributed by atoms with Crippen LogP contribution in [0.3, 0.4) is 0 Å². The van der Waals surface area contributed by atoms with Gasteiger partial charge in [-0.3, -0.25) is 0 Å². The van der Waals surface area contributed by atoms with E-state index in [1.807, 2.05) is 6.20 Å². The van der Waals surface area contributed by atoms with Gasteiger partial charge in [-0.1, -0.05) is 136 Å². The average Bonchev–Trinajstić information content (AvgIpc) is 3.29. The van der Waals surface area contributed by atoms with Crippen molar-refractivity contribution in [1.29, 1.82) is 0 Å². The molecule has 2 nitrogen and oxygen atoms in total. The van der Waals surface area contributed by atoms with Gasteiger partial charge in [-0.05, 0) is 26.2 Å². The van der Waals surface area contributed by atoms with E-state index in [9.17, 15) is 0 Å². The van der Waals surface area contributed by atoms with Crippen molar-refractivity contribution in [1.82, 2.24) is 9.55 Å². The van der Waals surface area contributed by atoms with Crippen molar-refractivity contribution in [3.63, 3.8) is 0 Å². The number of nitrogens with zero attached hydrogens (tertiary/aromatic N) is 2. The lowest BCUT2D eigenvalue weighted by Crippen LogP contribution is -2.13. The maximum absolute atomic E-state index is 4.83. The van der Waals surface area contributed by atoms with Crippen molar-refractivity contribution in [3.05, 3.63) is 18.2 Å². The Balaban J connectivity index is 2.17. The van der Waals surface area contributed by atoms with E-state index in [0.717, 1.165) is 0 Å². The van der Waals surface area contributed by atoms with Crippen molar-refractivity contribution < 1.29 is 0 Å². The monoisotopic (exact) mass is 446 g/mol. The molecule has 0 N–H and O–H groups in total. The molecular weight excluding hydrogens is 388 g/mol. The lowest BCUT2D eigenvalue weighted by Gasteiger charge is -2.22. The number of hydrogen-bond acceptors (Lipinski definition) is 1. The highest BCUT2D eigenvalue weighted by molar-refractivity contribution is 5.02. The topological polar surface area (TPSA) is 17.8 Å². The number of unbranched alkanes of at least 4 members (excludes halogenated alkanes) is 15. The summed E-state index contributed by atoms with van der Waals surface area (Å²) in [5.74, 6) is 2.02. The van der Waals surface area contributed by atoms with Crippen molar-refractivity contribution in [3.8, 4) is 0 Å². The average molecular weight is 447 g/mol. The van der Waals surface area contributed by atoms with Gasteiger partial charge in [0.15, 0.2) is 0 Å². The van der Waals surface area contributed by atoms with Crippen molar-refractivity contribution >= 4 is 0 Å². The molecule has 0 bridgehead atoms. The first-order valence-corrected chi connectivity index (χ1v) is 14.8.